The van der Waals surface area contributed by atoms with Gasteiger partial charge in [-0.15, -0.1) is 16.4 Å². The van der Waals surface area contributed by atoms with Gasteiger partial charge in [0, 0.05) is 11.1 Å². The molecule has 4 aromatic carbocycles. The van der Waals surface area contributed by atoms with Gasteiger partial charge in [-0.2, -0.15) is 15.3 Å². The van der Waals surface area contributed by atoms with E-state index >= 15 is 0 Å². The minimum Gasteiger partial charge on any atom is -0.176 e. The molecule has 0 aliphatic rings. The molecule has 0 aliphatic carbocycles. The van der Waals surface area contributed by atoms with Crippen LogP contribution in [0.15, 0.2) is 153 Å². The van der Waals surface area contributed by atoms with Gasteiger partial charge in [0.1, 0.15) is 17.4 Å². The monoisotopic (exact) mass is 484 g/mol. The normalized spacial score (nSPS) is 11.4. The molecule has 1 heterocycles. The summed E-state index contributed by atoms with van der Waals surface area (Å²) in [5.41, 5.74) is 5.81. The Labute approximate surface area is 215 Å². The van der Waals surface area contributed by atoms with E-state index in [0.717, 1.165) is 38.5 Å². The van der Waals surface area contributed by atoms with Gasteiger partial charge in [-0.3, -0.25) is 0 Å². The topological polar surface area (TPSA) is 49.4 Å². The number of benzene rings is 4. The maximum absolute atomic E-state index is 4.74. The van der Waals surface area contributed by atoms with Crippen LogP contribution < -0.4 is 0 Å². The predicted octanol–water partition coefficient (Wildman–Crippen LogP) is 8.49. The molecule has 0 amide bonds. The second kappa shape index (κ2) is 11.8. The molecule has 0 unspecified atom stereocenters. The van der Waals surface area contributed by atoms with Gasteiger partial charge in [-0.1, -0.05) is 121 Å². The third-order valence-electron chi connectivity index (χ3n) is 5.61. The summed E-state index contributed by atoms with van der Waals surface area (Å²) in [7, 11) is 0. The van der Waals surface area contributed by atoms with E-state index in [0.29, 0.717) is 0 Å². The molecule has 5 rings (SSSR count). The number of hydrogen-bond donors (Lipinski definition) is 0. The smallest absolute Gasteiger partial charge is 0.121 e. The van der Waals surface area contributed by atoms with Crippen molar-refractivity contribution >= 4 is 29.0 Å². The van der Waals surface area contributed by atoms with Crippen molar-refractivity contribution in [3.8, 4) is 0 Å². The summed E-state index contributed by atoms with van der Waals surface area (Å²) in [6.45, 7) is 0. The standard InChI is InChI=1S/C31H24N4S/c1-5-13-24(14-6-1)30(25-15-7-2-8-16-25)34-32-23-29-28(21-22-36-29)33-35-31(26-17-9-3-10-18-26)27-19-11-4-12-20-27/h1-23,31H/b32-23-,35-33?. The highest BCUT2D eigenvalue weighted by Gasteiger charge is 2.13. The lowest BCUT2D eigenvalue weighted by Gasteiger charge is -2.12. The molecule has 0 saturated carbocycles. The van der Waals surface area contributed by atoms with Crippen molar-refractivity contribution in [2.24, 2.45) is 20.4 Å². The summed E-state index contributed by atoms with van der Waals surface area (Å²) in [5.74, 6) is 0. The molecular weight excluding hydrogens is 460 g/mol. The summed E-state index contributed by atoms with van der Waals surface area (Å²) >= 11 is 1.56. The number of azo groups is 1. The Morgan fingerprint density at radius 3 is 1.64 bits per heavy atom. The first-order valence-electron chi connectivity index (χ1n) is 11.7. The van der Waals surface area contributed by atoms with Gasteiger partial charge in [0.2, 0.25) is 0 Å². The lowest BCUT2D eigenvalue weighted by Crippen LogP contribution is -2.02. The zero-order valence-electron chi connectivity index (χ0n) is 19.6. The van der Waals surface area contributed by atoms with Crippen molar-refractivity contribution in [3.63, 3.8) is 0 Å². The molecular formula is C31H24N4S. The highest BCUT2D eigenvalue weighted by atomic mass is 32.1. The van der Waals surface area contributed by atoms with Crippen LogP contribution in [0.3, 0.4) is 0 Å². The highest BCUT2D eigenvalue weighted by molar-refractivity contribution is 7.12. The van der Waals surface area contributed by atoms with Crippen LogP contribution >= 0.6 is 11.3 Å². The van der Waals surface area contributed by atoms with Crippen LogP contribution in [0.1, 0.15) is 33.2 Å². The quantitative estimate of drug-likeness (QED) is 0.120. The van der Waals surface area contributed by atoms with E-state index in [2.05, 4.69) is 39.6 Å². The van der Waals surface area contributed by atoms with Gasteiger partial charge < -0.3 is 0 Å². The first kappa shape index (κ1) is 23.3. The SMILES string of the molecule is C(=N/N=C(c1ccccc1)c1ccccc1)/c1sccc1N=NC(c1ccccc1)c1ccccc1. The second-order valence-electron chi connectivity index (χ2n) is 8.03. The van der Waals surface area contributed by atoms with Crippen molar-refractivity contribution in [1.29, 1.82) is 0 Å². The van der Waals surface area contributed by atoms with Gasteiger partial charge in [0.25, 0.3) is 0 Å². The average molecular weight is 485 g/mol. The van der Waals surface area contributed by atoms with Crippen LogP contribution in [0, 0.1) is 0 Å². The van der Waals surface area contributed by atoms with Crippen LogP contribution in [0.5, 0.6) is 0 Å². The predicted molar refractivity (Wildman–Crippen MR) is 150 cm³/mol. The third kappa shape index (κ3) is 5.77. The average Bonchev–Trinajstić information content (AvgIpc) is 3.40. The van der Waals surface area contributed by atoms with E-state index in [1.54, 1.807) is 17.6 Å². The molecule has 5 heteroatoms. The molecule has 1 aromatic heterocycles. The fraction of sp³-hybridized carbons (Fsp3) is 0.0323. The summed E-state index contributed by atoms with van der Waals surface area (Å²) in [6, 6.07) is 42.4. The molecule has 0 radical (unpaired) electrons. The van der Waals surface area contributed by atoms with Crippen LogP contribution in [0.2, 0.25) is 0 Å². The molecule has 0 saturated heterocycles. The molecule has 5 aromatic rings. The van der Waals surface area contributed by atoms with E-state index in [1.807, 2.05) is 109 Å². The minimum absolute atomic E-state index is 0.183. The van der Waals surface area contributed by atoms with Crippen molar-refractivity contribution in [1.82, 2.24) is 0 Å². The lowest BCUT2D eigenvalue weighted by molar-refractivity contribution is 0.809. The van der Waals surface area contributed by atoms with Crippen LogP contribution in [0.25, 0.3) is 0 Å². The Morgan fingerprint density at radius 1 is 0.611 bits per heavy atom. The molecule has 0 aliphatic heterocycles. The number of hydrogen-bond acceptors (Lipinski definition) is 5. The lowest BCUT2D eigenvalue weighted by atomic mass is 10.00. The fourth-order valence-electron chi connectivity index (χ4n) is 3.82. The molecule has 0 atom stereocenters. The van der Waals surface area contributed by atoms with E-state index in [9.17, 15) is 0 Å². The van der Waals surface area contributed by atoms with E-state index in [4.69, 9.17) is 5.11 Å². The second-order valence-corrected chi connectivity index (χ2v) is 8.98. The van der Waals surface area contributed by atoms with Gasteiger partial charge in [-0.05, 0) is 22.6 Å². The zero-order valence-corrected chi connectivity index (χ0v) is 20.4. The van der Waals surface area contributed by atoms with Gasteiger partial charge in [0.15, 0.2) is 0 Å². The summed E-state index contributed by atoms with van der Waals surface area (Å²) in [4.78, 5) is 0.905. The molecule has 0 bridgehead atoms. The number of nitrogens with zero attached hydrogens (tertiary/aromatic N) is 4. The van der Waals surface area contributed by atoms with Gasteiger partial charge in [-0.25, -0.2) is 0 Å². The minimum atomic E-state index is -0.183. The molecule has 0 spiro atoms. The summed E-state index contributed by atoms with van der Waals surface area (Å²) in [6.07, 6.45) is 1.75. The number of rotatable bonds is 8. The Bertz CT molecular complexity index is 1380. The molecule has 0 fully saturated rings. The first-order chi connectivity index (χ1) is 17.9. The van der Waals surface area contributed by atoms with Gasteiger partial charge in [0.05, 0.1) is 11.1 Å². The van der Waals surface area contributed by atoms with Crippen molar-refractivity contribution < 1.29 is 0 Å². The molecule has 0 N–H and O–H groups in total. The van der Waals surface area contributed by atoms with Crippen LogP contribution in [-0.2, 0) is 0 Å². The maximum Gasteiger partial charge on any atom is 0.121 e. The summed E-state index contributed by atoms with van der Waals surface area (Å²) in [5, 5.41) is 20.4. The first-order valence-corrected chi connectivity index (χ1v) is 12.6. The Hall–Kier alpha value is -4.48. The molecule has 36 heavy (non-hydrogen) atoms. The van der Waals surface area contributed by atoms with Crippen LogP contribution in [-0.4, -0.2) is 11.9 Å². The summed E-state index contributed by atoms with van der Waals surface area (Å²) < 4.78 is 0. The number of thiophene rings is 1. The Kier molecular flexibility index (Phi) is 7.61. The molecule has 4 nitrogen and oxygen atoms in total. The fourth-order valence-corrected chi connectivity index (χ4v) is 4.50. The van der Waals surface area contributed by atoms with E-state index in [-0.39, 0.29) is 6.04 Å². The maximum atomic E-state index is 4.74. The third-order valence-corrected chi connectivity index (χ3v) is 6.45. The highest BCUT2D eigenvalue weighted by Crippen LogP contribution is 2.30. The largest absolute Gasteiger partial charge is 0.176 e. The van der Waals surface area contributed by atoms with Crippen LogP contribution in [0.4, 0.5) is 5.69 Å². The van der Waals surface area contributed by atoms with E-state index < -0.39 is 0 Å². The Balaban J connectivity index is 1.43. The van der Waals surface area contributed by atoms with E-state index in [1.165, 1.54) is 0 Å². The van der Waals surface area contributed by atoms with Gasteiger partial charge >= 0.3 is 0 Å². The van der Waals surface area contributed by atoms with Crippen molar-refractivity contribution in [3.05, 3.63) is 160 Å². The zero-order chi connectivity index (χ0) is 24.4. The van der Waals surface area contributed by atoms with Crippen molar-refractivity contribution in [2.75, 3.05) is 0 Å². The molecule has 174 valence electrons. The Morgan fingerprint density at radius 2 is 1.11 bits per heavy atom. The van der Waals surface area contributed by atoms with Crippen molar-refractivity contribution in [2.45, 2.75) is 6.04 Å².